The molecule has 0 N–H and O–H groups in total. The van der Waals surface area contributed by atoms with Crippen molar-refractivity contribution in [1.82, 2.24) is 9.80 Å². The zero-order chi connectivity index (χ0) is 16.2. The normalized spacial score (nSPS) is 19.8. The second-order valence-corrected chi connectivity index (χ2v) is 6.62. The van der Waals surface area contributed by atoms with Crippen LogP contribution in [0.1, 0.15) is 19.8 Å². The Morgan fingerprint density at radius 1 is 0.957 bits per heavy atom. The predicted octanol–water partition coefficient (Wildman–Crippen LogP) is 2.67. The van der Waals surface area contributed by atoms with E-state index in [1.807, 2.05) is 21.9 Å². The van der Waals surface area contributed by atoms with E-state index in [-0.39, 0.29) is 6.03 Å². The summed E-state index contributed by atoms with van der Waals surface area (Å²) in [7, 11) is 1.68. The zero-order valence-electron chi connectivity index (χ0n) is 14.2. The summed E-state index contributed by atoms with van der Waals surface area (Å²) in [5.74, 6) is 1.63. The topological polar surface area (TPSA) is 36.0 Å². The highest BCUT2D eigenvalue weighted by molar-refractivity contribution is 5.75. The van der Waals surface area contributed by atoms with Crippen molar-refractivity contribution in [2.24, 2.45) is 5.92 Å². The summed E-state index contributed by atoms with van der Waals surface area (Å²) < 4.78 is 5.20. The molecule has 2 amide bonds. The summed E-state index contributed by atoms with van der Waals surface area (Å²) in [6.07, 6.45) is 2.27. The minimum Gasteiger partial charge on any atom is -0.497 e. The maximum atomic E-state index is 12.6. The molecular weight excluding hydrogens is 290 g/mol. The number of benzene rings is 1. The van der Waals surface area contributed by atoms with Crippen molar-refractivity contribution in [1.29, 1.82) is 0 Å². The summed E-state index contributed by atoms with van der Waals surface area (Å²) in [6.45, 7) is 7.49. The van der Waals surface area contributed by atoms with Gasteiger partial charge in [0.05, 0.1) is 7.11 Å². The highest BCUT2D eigenvalue weighted by Crippen LogP contribution is 2.22. The molecule has 0 aliphatic carbocycles. The molecule has 0 bridgehead atoms. The number of hydrogen-bond donors (Lipinski definition) is 0. The molecule has 1 aromatic rings. The fraction of sp³-hybridized carbons (Fsp3) is 0.611. The van der Waals surface area contributed by atoms with Crippen LogP contribution < -0.4 is 9.64 Å². The molecule has 2 aliphatic rings. The summed E-state index contributed by atoms with van der Waals surface area (Å²) >= 11 is 0. The van der Waals surface area contributed by atoms with Crippen LogP contribution in [0.3, 0.4) is 0 Å². The van der Waals surface area contributed by atoms with E-state index in [1.165, 1.54) is 5.69 Å². The zero-order valence-corrected chi connectivity index (χ0v) is 14.2. The van der Waals surface area contributed by atoms with E-state index in [9.17, 15) is 4.79 Å². The first kappa shape index (κ1) is 16.0. The summed E-state index contributed by atoms with van der Waals surface area (Å²) in [5, 5.41) is 0. The van der Waals surface area contributed by atoms with E-state index in [0.717, 1.165) is 63.8 Å². The van der Waals surface area contributed by atoms with Crippen molar-refractivity contribution >= 4 is 11.7 Å². The Labute approximate surface area is 138 Å². The van der Waals surface area contributed by atoms with Crippen LogP contribution >= 0.6 is 0 Å². The maximum Gasteiger partial charge on any atom is 0.320 e. The van der Waals surface area contributed by atoms with Gasteiger partial charge in [-0.1, -0.05) is 6.92 Å². The predicted molar refractivity (Wildman–Crippen MR) is 92.1 cm³/mol. The van der Waals surface area contributed by atoms with Crippen LogP contribution in [0.2, 0.25) is 0 Å². The van der Waals surface area contributed by atoms with Crippen LogP contribution in [-0.2, 0) is 0 Å². The molecule has 0 aromatic heterocycles. The standard InChI is InChI=1S/C18H27N3O2/c1-15-7-9-20(10-8-15)18(22)21-13-11-19(12-14-21)16-3-5-17(23-2)6-4-16/h3-6,15H,7-14H2,1-2H3. The number of carbonyl (C=O) groups is 1. The molecule has 2 fully saturated rings. The van der Waals surface area contributed by atoms with Crippen LogP contribution in [0, 0.1) is 5.92 Å². The number of piperidine rings is 1. The quantitative estimate of drug-likeness (QED) is 0.841. The minimum atomic E-state index is 0.228. The van der Waals surface area contributed by atoms with Gasteiger partial charge in [0, 0.05) is 45.0 Å². The molecule has 0 unspecified atom stereocenters. The molecule has 0 spiro atoms. The van der Waals surface area contributed by atoms with Gasteiger partial charge in [-0.25, -0.2) is 4.79 Å². The number of anilines is 1. The highest BCUT2D eigenvalue weighted by atomic mass is 16.5. The van der Waals surface area contributed by atoms with Gasteiger partial charge in [-0.2, -0.15) is 0 Å². The molecule has 3 rings (SSSR count). The average Bonchev–Trinajstić information content (AvgIpc) is 2.62. The van der Waals surface area contributed by atoms with Crippen LogP contribution in [0.4, 0.5) is 10.5 Å². The number of carbonyl (C=O) groups excluding carboxylic acids is 1. The third-order valence-electron chi connectivity index (χ3n) is 5.04. The third kappa shape index (κ3) is 3.71. The van der Waals surface area contributed by atoms with Gasteiger partial charge in [0.1, 0.15) is 5.75 Å². The molecule has 5 nitrogen and oxygen atoms in total. The summed E-state index contributed by atoms with van der Waals surface area (Å²) in [6, 6.07) is 8.38. The molecule has 0 saturated carbocycles. The van der Waals surface area contributed by atoms with Gasteiger partial charge in [-0.3, -0.25) is 0 Å². The lowest BCUT2D eigenvalue weighted by Gasteiger charge is -2.40. The van der Waals surface area contributed by atoms with Gasteiger partial charge in [0.2, 0.25) is 0 Å². The van der Waals surface area contributed by atoms with Crippen LogP contribution in [0.15, 0.2) is 24.3 Å². The fourth-order valence-electron chi connectivity index (χ4n) is 3.35. The Bertz CT molecular complexity index is 516. The van der Waals surface area contributed by atoms with Gasteiger partial charge >= 0.3 is 6.03 Å². The number of amides is 2. The van der Waals surface area contributed by atoms with Gasteiger partial charge in [0.15, 0.2) is 0 Å². The highest BCUT2D eigenvalue weighted by Gasteiger charge is 2.27. The SMILES string of the molecule is COc1ccc(N2CCN(C(=O)N3CCC(C)CC3)CC2)cc1. The molecule has 126 valence electrons. The average molecular weight is 317 g/mol. The van der Waals surface area contributed by atoms with E-state index in [2.05, 4.69) is 24.0 Å². The molecule has 23 heavy (non-hydrogen) atoms. The van der Waals surface area contributed by atoms with Crippen LogP contribution in [0.25, 0.3) is 0 Å². The number of hydrogen-bond acceptors (Lipinski definition) is 3. The van der Waals surface area contributed by atoms with E-state index in [4.69, 9.17) is 4.74 Å². The number of ether oxygens (including phenoxy) is 1. The van der Waals surface area contributed by atoms with E-state index in [1.54, 1.807) is 7.11 Å². The smallest absolute Gasteiger partial charge is 0.320 e. The molecule has 0 atom stereocenters. The van der Waals surface area contributed by atoms with Gasteiger partial charge < -0.3 is 19.4 Å². The largest absolute Gasteiger partial charge is 0.497 e. The Morgan fingerprint density at radius 2 is 1.52 bits per heavy atom. The van der Waals surface area contributed by atoms with Crippen molar-refractivity contribution < 1.29 is 9.53 Å². The summed E-state index contributed by atoms with van der Waals surface area (Å²) in [5.41, 5.74) is 1.20. The number of piperazine rings is 1. The minimum absolute atomic E-state index is 0.228. The molecule has 2 aliphatic heterocycles. The second-order valence-electron chi connectivity index (χ2n) is 6.62. The fourth-order valence-corrected chi connectivity index (χ4v) is 3.35. The van der Waals surface area contributed by atoms with Gasteiger partial charge in [-0.05, 0) is 43.0 Å². The summed E-state index contributed by atoms with van der Waals surface area (Å²) in [4.78, 5) is 19.0. The molecule has 0 radical (unpaired) electrons. The Kier molecular flexibility index (Phi) is 4.94. The lowest BCUT2D eigenvalue weighted by molar-refractivity contribution is 0.132. The Morgan fingerprint density at radius 3 is 2.09 bits per heavy atom. The first-order valence-electron chi connectivity index (χ1n) is 8.60. The number of rotatable bonds is 2. The third-order valence-corrected chi connectivity index (χ3v) is 5.04. The van der Waals surface area contributed by atoms with Crippen molar-refractivity contribution in [3.8, 4) is 5.75 Å². The Balaban J connectivity index is 1.52. The van der Waals surface area contributed by atoms with Crippen molar-refractivity contribution in [3.05, 3.63) is 24.3 Å². The monoisotopic (exact) mass is 317 g/mol. The van der Waals surface area contributed by atoms with E-state index < -0.39 is 0 Å². The van der Waals surface area contributed by atoms with Crippen LogP contribution in [0.5, 0.6) is 5.75 Å². The van der Waals surface area contributed by atoms with Crippen LogP contribution in [-0.4, -0.2) is 62.2 Å². The van der Waals surface area contributed by atoms with Gasteiger partial charge in [0.25, 0.3) is 0 Å². The number of nitrogens with zero attached hydrogens (tertiary/aromatic N) is 3. The molecule has 2 saturated heterocycles. The molecule has 1 aromatic carbocycles. The lowest BCUT2D eigenvalue weighted by atomic mass is 9.99. The molecular formula is C18H27N3O2. The van der Waals surface area contributed by atoms with Crippen molar-refractivity contribution in [2.45, 2.75) is 19.8 Å². The number of likely N-dealkylation sites (tertiary alicyclic amines) is 1. The Hall–Kier alpha value is -1.91. The van der Waals surface area contributed by atoms with E-state index >= 15 is 0 Å². The first-order chi connectivity index (χ1) is 11.2. The molecule has 2 heterocycles. The number of urea groups is 1. The van der Waals surface area contributed by atoms with Crippen molar-refractivity contribution in [3.63, 3.8) is 0 Å². The second kappa shape index (κ2) is 7.11. The number of methoxy groups -OCH3 is 1. The maximum absolute atomic E-state index is 12.6. The first-order valence-corrected chi connectivity index (χ1v) is 8.60. The van der Waals surface area contributed by atoms with E-state index in [0.29, 0.717) is 0 Å². The van der Waals surface area contributed by atoms with Crippen molar-refractivity contribution in [2.75, 3.05) is 51.3 Å². The molecule has 5 heteroatoms. The lowest BCUT2D eigenvalue weighted by Crippen LogP contribution is -2.54. The van der Waals surface area contributed by atoms with Gasteiger partial charge in [-0.15, -0.1) is 0 Å².